The van der Waals surface area contributed by atoms with Crippen molar-refractivity contribution >= 4 is 46.1 Å². The molecule has 0 bridgehead atoms. The topological polar surface area (TPSA) is 82.5 Å². The van der Waals surface area contributed by atoms with Gasteiger partial charge >= 0.3 is 6.09 Å². The van der Waals surface area contributed by atoms with Crippen LogP contribution in [-0.4, -0.2) is 57.2 Å². The van der Waals surface area contributed by atoms with Gasteiger partial charge in [-0.1, -0.05) is 11.6 Å². The third-order valence-corrected chi connectivity index (χ3v) is 4.14. The Labute approximate surface area is 136 Å². The molecule has 2 aromatic rings. The minimum Gasteiger partial charge on any atom is -0.465 e. The molecular weight excluding hydrogens is 329 g/mol. The highest BCUT2D eigenvalue weighted by molar-refractivity contribution is 6.31. The number of likely N-dealkylation sites (N-methyl/N-ethyl adjacent to an activating group) is 1. The Bertz CT molecular complexity index is 736. The molecule has 0 radical (unpaired) electrons. The lowest BCUT2D eigenvalue weighted by atomic mass is 10.2. The molecule has 2 aromatic heterocycles. The second kappa shape index (κ2) is 5.73. The number of nitrogens with zero attached hydrogens (tertiary/aromatic N) is 5. The lowest BCUT2D eigenvalue weighted by Crippen LogP contribution is -2.38. The zero-order chi connectivity index (χ0) is 15.9. The van der Waals surface area contributed by atoms with Crippen molar-refractivity contribution in [3.8, 4) is 0 Å². The van der Waals surface area contributed by atoms with E-state index in [1.165, 1.54) is 11.1 Å². The van der Waals surface area contributed by atoms with Gasteiger partial charge in [-0.3, -0.25) is 0 Å². The van der Waals surface area contributed by atoms with Crippen LogP contribution in [0.25, 0.3) is 11.0 Å². The lowest BCUT2D eigenvalue weighted by molar-refractivity contribution is 0.142. The molecule has 9 heteroatoms. The maximum Gasteiger partial charge on any atom is 0.407 e. The molecule has 1 aliphatic heterocycles. The molecule has 1 atom stereocenters. The number of hydrogen-bond donors (Lipinski definition) is 1. The van der Waals surface area contributed by atoms with Crippen LogP contribution >= 0.6 is 23.2 Å². The highest BCUT2D eigenvalue weighted by Gasteiger charge is 2.30. The number of hydrogen-bond acceptors (Lipinski definition) is 5. The summed E-state index contributed by atoms with van der Waals surface area (Å²) >= 11 is 11.9. The summed E-state index contributed by atoms with van der Waals surface area (Å²) in [4.78, 5) is 27.0. The average Bonchev–Trinajstić information content (AvgIpc) is 2.94. The predicted octanol–water partition coefficient (Wildman–Crippen LogP) is 2.52. The number of halogens is 2. The second-order valence-corrected chi connectivity index (χ2v) is 5.89. The standard InChI is InChI=1S/C13H13Cl2N5O2/c1-19(13(21)22)8-2-3-20(6-8)11-10-9(17-12(15)18-11)4-7(14)5-16-10/h4-5,8H,2-3,6H2,1H3,(H,21,22). The van der Waals surface area contributed by atoms with E-state index < -0.39 is 6.09 Å². The Balaban J connectivity index is 1.96. The smallest absolute Gasteiger partial charge is 0.407 e. The van der Waals surface area contributed by atoms with Crippen LogP contribution in [0.1, 0.15) is 6.42 Å². The number of carbonyl (C=O) groups is 1. The molecule has 1 aliphatic rings. The first-order valence-electron chi connectivity index (χ1n) is 6.65. The van der Waals surface area contributed by atoms with E-state index in [0.29, 0.717) is 35.0 Å². The van der Waals surface area contributed by atoms with E-state index in [1.807, 2.05) is 4.90 Å². The quantitative estimate of drug-likeness (QED) is 0.845. The van der Waals surface area contributed by atoms with Crippen LogP contribution in [0, 0.1) is 0 Å². The summed E-state index contributed by atoms with van der Waals surface area (Å²) < 4.78 is 0. The van der Waals surface area contributed by atoms with Crippen molar-refractivity contribution in [2.45, 2.75) is 12.5 Å². The third-order valence-electron chi connectivity index (χ3n) is 3.77. The van der Waals surface area contributed by atoms with E-state index in [1.54, 1.807) is 13.1 Å². The molecule has 1 amide bonds. The number of aromatic nitrogens is 3. The second-order valence-electron chi connectivity index (χ2n) is 5.12. The molecule has 1 N–H and O–H groups in total. The normalized spacial score (nSPS) is 18.0. The summed E-state index contributed by atoms with van der Waals surface area (Å²) in [7, 11) is 1.57. The van der Waals surface area contributed by atoms with E-state index in [-0.39, 0.29) is 11.3 Å². The van der Waals surface area contributed by atoms with Crippen molar-refractivity contribution in [1.82, 2.24) is 19.9 Å². The van der Waals surface area contributed by atoms with Crippen LogP contribution in [0.4, 0.5) is 10.6 Å². The Kier molecular flexibility index (Phi) is 3.92. The van der Waals surface area contributed by atoms with Crippen molar-refractivity contribution < 1.29 is 9.90 Å². The molecule has 1 saturated heterocycles. The maximum absolute atomic E-state index is 11.1. The maximum atomic E-state index is 11.1. The van der Waals surface area contributed by atoms with E-state index in [4.69, 9.17) is 28.3 Å². The van der Waals surface area contributed by atoms with Gasteiger partial charge in [0.15, 0.2) is 5.82 Å². The van der Waals surface area contributed by atoms with Crippen molar-refractivity contribution in [2.24, 2.45) is 0 Å². The number of anilines is 1. The van der Waals surface area contributed by atoms with Crippen molar-refractivity contribution in [1.29, 1.82) is 0 Å². The molecule has 0 saturated carbocycles. The predicted molar refractivity (Wildman–Crippen MR) is 83.8 cm³/mol. The van der Waals surface area contributed by atoms with Crippen LogP contribution < -0.4 is 4.90 Å². The first-order chi connectivity index (χ1) is 10.5. The molecule has 0 aliphatic carbocycles. The van der Waals surface area contributed by atoms with Crippen LogP contribution in [0.5, 0.6) is 0 Å². The molecule has 22 heavy (non-hydrogen) atoms. The molecule has 3 heterocycles. The van der Waals surface area contributed by atoms with Crippen LogP contribution in [0.15, 0.2) is 12.3 Å². The number of carboxylic acid groups (broad SMARTS) is 1. The highest BCUT2D eigenvalue weighted by Crippen LogP contribution is 2.28. The first-order valence-corrected chi connectivity index (χ1v) is 7.41. The van der Waals surface area contributed by atoms with Gasteiger partial charge in [0.1, 0.15) is 5.52 Å². The first kappa shape index (κ1) is 15.1. The largest absolute Gasteiger partial charge is 0.465 e. The monoisotopic (exact) mass is 341 g/mol. The lowest BCUT2D eigenvalue weighted by Gasteiger charge is -2.22. The number of amides is 1. The summed E-state index contributed by atoms with van der Waals surface area (Å²) in [5.41, 5.74) is 1.17. The molecule has 0 spiro atoms. The number of rotatable bonds is 2. The van der Waals surface area contributed by atoms with Crippen molar-refractivity contribution in [3.63, 3.8) is 0 Å². The number of fused-ring (bicyclic) bond motifs is 1. The zero-order valence-corrected chi connectivity index (χ0v) is 13.2. The van der Waals surface area contributed by atoms with E-state index in [0.717, 1.165) is 6.42 Å². The van der Waals surface area contributed by atoms with Crippen LogP contribution in [0.2, 0.25) is 10.3 Å². The van der Waals surface area contributed by atoms with Crippen molar-refractivity contribution in [2.75, 3.05) is 25.0 Å². The third kappa shape index (κ3) is 2.74. The van der Waals surface area contributed by atoms with Gasteiger partial charge in [-0.25, -0.2) is 14.8 Å². The average molecular weight is 342 g/mol. The zero-order valence-electron chi connectivity index (χ0n) is 11.7. The van der Waals surface area contributed by atoms with Gasteiger partial charge in [-0.2, -0.15) is 4.98 Å². The molecule has 3 rings (SSSR count). The van der Waals surface area contributed by atoms with Gasteiger partial charge in [0.2, 0.25) is 5.28 Å². The fourth-order valence-corrected chi connectivity index (χ4v) is 2.90. The summed E-state index contributed by atoms with van der Waals surface area (Å²) in [6.07, 6.45) is 1.31. The van der Waals surface area contributed by atoms with Gasteiger partial charge in [0.25, 0.3) is 0 Å². The summed E-state index contributed by atoms with van der Waals surface area (Å²) in [5, 5.41) is 9.66. The summed E-state index contributed by atoms with van der Waals surface area (Å²) in [6.45, 7) is 1.21. The van der Waals surface area contributed by atoms with E-state index in [2.05, 4.69) is 15.0 Å². The minimum atomic E-state index is -0.942. The Morgan fingerprint density at radius 2 is 2.23 bits per heavy atom. The fourth-order valence-electron chi connectivity index (χ4n) is 2.58. The van der Waals surface area contributed by atoms with E-state index in [9.17, 15) is 4.79 Å². The Morgan fingerprint density at radius 3 is 2.95 bits per heavy atom. The fraction of sp³-hybridized carbons (Fsp3) is 0.385. The molecule has 7 nitrogen and oxygen atoms in total. The Hall–Kier alpha value is -1.86. The SMILES string of the molecule is CN(C(=O)O)C1CCN(c2nc(Cl)nc3cc(Cl)cnc23)C1. The molecule has 1 unspecified atom stereocenters. The minimum absolute atomic E-state index is 0.0893. The van der Waals surface area contributed by atoms with Gasteiger partial charge in [0, 0.05) is 26.3 Å². The molecule has 0 aromatic carbocycles. The van der Waals surface area contributed by atoms with Crippen molar-refractivity contribution in [3.05, 3.63) is 22.6 Å². The molecule has 116 valence electrons. The van der Waals surface area contributed by atoms with Gasteiger partial charge < -0.3 is 14.9 Å². The van der Waals surface area contributed by atoms with Gasteiger partial charge in [-0.05, 0) is 24.1 Å². The van der Waals surface area contributed by atoms with Gasteiger partial charge in [-0.15, -0.1) is 0 Å². The molecule has 1 fully saturated rings. The molecular formula is C13H13Cl2N5O2. The Morgan fingerprint density at radius 1 is 1.45 bits per heavy atom. The van der Waals surface area contributed by atoms with E-state index >= 15 is 0 Å². The van der Waals surface area contributed by atoms with Crippen LogP contribution in [0.3, 0.4) is 0 Å². The van der Waals surface area contributed by atoms with Crippen LogP contribution in [-0.2, 0) is 0 Å². The summed E-state index contributed by atoms with van der Waals surface area (Å²) in [6, 6.07) is 1.59. The number of pyridine rings is 1. The highest BCUT2D eigenvalue weighted by atomic mass is 35.5. The van der Waals surface area contributed by atoms with Gasteiger partial charge in [0.05, 0.1) is 16.6 Å². The summed E-state index contributed by atoms with van der Waals surface area (Å²) in [5.74, 6) is 0.605.